The molecule has 0 atom stereocenters. The first-order chi connectivity index (χ1) is 7.91. The molecule has 1 aromatic carbocycles. The number of hydrogen-bond acceptors (Lipinski definition) is 2. The van der Waals surface area contributed by atoms with Gasteiger partial charge in [0.2, 0.25) is 0 Å². The molecule has 0 spiro atoms. The maximum absolute atomic E-state index is 6.07. The van der Waals surface area contributed by atoms with Gasteiger partial charge in [-0.3, -0.25) is 0 Å². The molecule has 1 saturated heterocycles. The van der Waals surface area contributed by atoms with E-state index in [9.17, 15) is 0 Å². The average Bonchev–Trinajstić information content (AvgIpc) is 2.25. The topological polar surface area (TPSA) is 18.5 Å². The van der Waals surface area contributed by atoms with E-state index in [1.807, 2.05) is 18.2 Å². The molecule has 0 radical (unpaired) electrons. The second-order valence-electron chi connectivity index (χ2n) is 5.94. The van der Waals surface area contributed by atoms with Crippen molar-refractivity contribution in [1.29, 1.82) is 0 Å². The first kappa shape index (κ1) is 12.7. The van der Waals surface area contributed by atoms with Crippen LogP contribution in [0.1, 0.15) is 33.3 Å². The molecule has 2 nitrogen and oxygen atoms in total. The lowest BCUT2D eigenvalue weighted by atomic mass is 9.70. The lowest BCUT2D eigenvalue weighted by Gasteiger charge is -2.47. The Morgan fingerprint density at radius 2 is 1.76 bits per heavy atom. The van der Waals surface area contributed by atoms with Crippen LogP contribution in [-0.2, 0) is 15.6 Å². The molecule has 0 bridgehead atoms. The van der Waals surface area contributed by atoms with E-state index in [0.29, 0.717) is 0 Å². The Labute approximate surface area is 104 Å². The Morgan fingerprint density at radius 3 is 2.35 bits per heavy atom. The number of benzene rings is 1. The zero-order valence-corrected chi connectivity index (χ0v) is 11.2. The van der Waals surface area contributed by atoms with Crippen molar-refractivity contribution < 1.29 is 9.31 Å². The van der Waals surface area contributed by atoms with Crippen molar-refractivity contribution in [3.63, 3.8) is 0 Å². The normalized spacial score (nSPS) is 22.5. The standard InChI is InChI=1S/C14H21BO2/c1-13(2)11-16-15(17-14(13,3)4)10-12-8-6-5-7-9-12/h5-9H,10-11H2,1-4H3. The summed E-state index contributed by atoms with van der Waals surface area (Å²) in [4.78, 5) is 0. The summed E-state index contributed by atoms with van der Waals surface area (Å²) < 4.78 is 11.9. The van der Waals surface area contributed by atoms with Gasteiger partial charge in [0, 0.05) is 18.3 Å². The second-order valence-corrected chi connectivity index (χ2v) is 5.94. The first-order valence-electron chi connectivity index (χ1n) is 6.24. The molecule has 2 rings (SSSR count). The van der Waals surface area contributed by atoms with Gasteiger partial charge in [0.1, 0.15) is 0 Å². The van der Waals surface area contributed by atoms with E-state index in [4.69, 9.17) is 9.31 Å². The van der Waals surface area contributed by atoms with Gasteiger partial charge >= 0.3 is 7.12 Å². The quantitative estimate of drug-likeness (QED) is 0.729. The average molecular weight is 232 g/mol. The minimum atomic E-state index is -0.148. The van der Waals surface area contributed by atoms with Crippen LogP contribution in [0.5, 0.6) is 0 Å². The fourth-order valence-electron chi connectivity index (χ4n) is 1.90. The van der Waals surface area contributed by atoms with Gasteiger partial charge in [0.05, 0.1) is 5.60 Å². The molecule has 3 heteroatoms. The van der Waals surface area contributed by atoms with Crippen LogP contribution in [-0.4, -0.2) is 19.3 Å². The van der Waals surface area contributed by atoms with Crippen molar-refractivity contribution in [3.8, 4) is 0 Å². The molecule has 17 heavy (non-hydrogen) atoms. The van der Waals surface area contributed by atoms with Crippen LogP contribution in [0.15, 0.2) is 30.3 Å². The van der Waals surface area contributed by atoms with E-state index < -0.39 is 0 Å². The predicted octanol–water partition coefficient (Wildman–Crippen LogP) is 3.11. The molecule has 0 amide bonds. The van der Waals surface area contributed by atoms with E-state index in [1.165, 1.54) is 5.56 Å². The van der Waals surface area contributed by atoms with Gasteiger partial charge in [-0.15, -0.1) is 0 Å². The minimum Gasteiger partial charge on any atom is -0.410 e. The third kappa shape index (κ3) is 2.72. The maximum atomic E-state index is 6.07. The highest BCUT2D eigenvalue weighted by Crippen LogP contribution is 2.38. The molecular weight excluding hydrogens is 211 g/mol. The Morgan fingerprint density at radius 1 is 1.12 bits per heavy atom. The van der Waals surface area contributed by atoms with Crippen LogP contribution < -0.4 is 0 Å². The maximum Gasteiger partial charge on any atom is 0.461 e. The van der Waals surface area contributed by atoms with Crippen molar-refractivity contribution in [3.05, 3.63) is 35.9 Å². The van der Waals surface area contributed by atoms with Crippen LogP contribution in [0.2, 0.25) is 0 Å². The number of rotatable bonds is 2. The fourth-order valence-corrected chi connectivity index (χ4v) is 1.90. The SMILES string of the molecule is CC1(C)COB(Cc2ccccc2)OC1(C)C. The van der Waals surface area contributed by atoms with E-state index in [0.717, 1.165) is 12.9 Å². The summed E-state index contributed by atoms with van der Waals surface area (Å²) in [5.74, 6) is 0. The molecule has 0 aromatic heterocycles. The summed E-state index contributed by atoms with van der Waals surface area (Å²) >= 11 is 0. The molecule has 0 N–H and O–H groups in total. The van der Waals surface area contributed by atoms with Crippen molar-refractivity contribution in [1.82, 2.24) is 0 Å². The van der Waals surface area contributed by atoms with Gasteiger partial charge in [-0.25, -0.2) is 0 Å². The van der Waals surface area contributed by atoms with E-state index >= 15 is 0 Å². The van der Waals surface area contributed by atoms with Gasteiger partial charge < -0.3 is 9.31 Å². The Bertz CT molecular complexity index is 373. The van der Waals surface area contributed by atoms with Crippen molar-refractivity contribution >= 4 is 7.12 Å². The van der Waals surface area contributed by atoms with Crippen LogP contribution in [0.25, 0.3) is 0 Å². The van der Waals surface area contributed by atoms with Gasteiger partial charge in [-0.1, -0.05) is 49.7 Å². The van der Waals surface area contributed by atoms with Gasteiger partial charge in [0.15, 0.2) is 0 Å². The lowest BCUT2D eigenvalue weighted by Crippen LogP contribution is -2.55. The first-order valence-corrected chi connectivity index (χ1v) is 6.24. The van der Waals surface area contributed by atoms with E-state index in [1.54, 1.807) is 0 Å². The number of hydrogen-bond donors (Lipinski definition) is 0. The molecule has 0 aliphatic carbocycles. The highest BCUT2D eigenvalue weighted by atomic mass is 16.6. The lowest BCUT2D eigenvalue weighted by molar-refractivity contribution is -0.0981. The Hall–Kier alpha value is -0.795. The van der Waals surface area contributed by atoms with E-state index in [2.05, 4.69) is 39.8 Å². The van der Waals surface area contributed by atoms with Gasteiger partial charge in [-0.2, -0.15) is 0 Å². The molecule has 1 heterocycles. The Balaban J connectivity index is 2.02. The summed E-state index contributed by atoms with van der Waals surface area (Å²) in [6.07, 6.45) is 0.820. The molecule has 0 saturated carbocycles. The molecule has 0 unspecified atom stereocenters. The Kier molecular flexibility index (Phi) is 3.33. The third-order valence-electron chi connectivity index (χ3n) is 3.93. The largest absolute Gasteiger partial charge is 0.461 e. The smallest absolute Gasteiger partial charge is 0.410 e. The van der Waals surface area contributed by atoms with E-state index in [-0.39, 0.29) is 18.1 Å². The summed E-state index contributed by atoms with van der Waals surface area (Å²) in [6, 6.07) is 10.3. The monoisotopic (exact) mass is 232 g/mol. The zero-order valence-electron chi connectivity index (χ0n) is 11.2. The molecule has 1 aliphatic heterocycles. The molecule has 1 fully saturated rings. The molecule has 92 valence electrons. The predicted molar refractivity (Wildman–Crippen MR) is 70.8 cm³/mol. The third-order valence-corrected chi connectivity index (χ3v) is 3.93. The highest BCUT2D eigenvalue weighted by Gasteiger charge is 2.46. The summed E-state index contributed by atoms with van der Waals surface area (Å²) in [5.41, 5.74) is 1.17. The summed E-state index contributed by atoms with van der Waals surface area (Å²) in [5, 5.41) is 0. The second kappa shape index (κ2) is 4.47. The van der Waals surface area contributed by atoms with Crippen LogP contribution in [0, 0.1) is 5.41 Å². The summed E-state index contributed by atoms with van der Waals surface area (Å²) in [6.45, 7) is 9.41. The van der Waals surface area contributed by atoms with Crippen LogP contribution in [0.4, 0.5) is 0 Å². The van der Waals surface area contributed by atoms with Gasteiger partial charge in [0.25, 0.3) is 0 Å². The van der Waals surface area contributed by atoms with Gasteiger partial charge in [-0.05, 0) is 13.8 Å². The minimum absolute atomic E-state index is 0.0557. The fraction of sp³-hybridized carbons (Fsp3) is 0.571. The zero-order chi connectivity index (χ0) is 12.5. The van der Waals surface area contributed by atoms with Crippen molar-refractivity contribution in [2.45, 2.75) is 39.6 Å². The van der Waals surface area contributed by atoms with Crippen LogP contribution in [0.3, 0.4) is 0 Å². The summed E-state index contributed by atoms with van der Waals surface area (Å²) in [7, 11) is -0.125. The molecular formula is C14H21BO2. The highest BCUT2D eigenvalue weighted by molar-refractivity contribution is 6.44. The van der Waals surface area contributed by atoms with Crippen molar-refractivity contribution in [2.24, 2.45) is 5.41 Å². The molecule has 1 aliphatic rings. The van der Waals surface area contributed by atoms with Crippen LogP contribution >= 0.6 is 0 Å². The van der Waals surface area contributed by atoms with Crippen molar-refractivity contribution in [2.75, 3.05) is 6.61 Å². The molecule has 1 aromatic rings.